The van der Waals surface area contributed by atoms with E-state index in [4.69, 9.17) is 0 Å². The number of benzene rings is 1. The molecule has 0 amide bonds. The van der Waals surface area contributed by atoms with Crippen LogP contribution >= 0.6 is 0 Å². The Morgan fingerprint density at radius 2 is 2.19 bits per heavy atom. The predicted octanol–water partition coefficient (Wildman–Crippen LogP) is 3.02. The zero-order valence-corrected chi connectivity index (χ0v) is 9.66. The highest BCUT2D eigenvalue weighted by Crippen LogP contribution is 2.33. The first-order chi connectivity index (χ1) is 7.63. The number of hydrogen-bond donors (Lipinski definition) is 0. The molecule has 0 aliphatic heterocycles. The molecule has 0 unspecified atom stereocenters. The number of Topliss-reactive ketones (excluding diaryl/α,β-unsaturated/α-hetero) is 1. The van der Waals surface area contributed by atoms with Gasteiger partial charge in [-0.1, -0.05) is 0 Å². The maximum Gasteiger partial charge on any atom is 0.159 e. The summed E-state index contributed by atoms with van der Waals surface area (Å²) in [6, 6.07) is 5.24. The van der Waals surface area contributed by atoms with E-state index in [1.165, 1.54) is 13.0 Å². The standard InChI is InChI=1S/C13H16FNO/c1-3-15(11-5-6-11)13-7-4-10(9(2)16)8-12(13)14/h4,7-8,11H,3,5-6H2,1-2H3. The summed E-state index contributed by atoms with van der Waals surface area (Å²) in [5, 5.41) is 0. The average Bonchev–Trinajstić information content (AvgIpc) is 3.05. The van der Waals surface area contributed by atoms with Crippen LogP contribution in [0.25, 0.3) is 0 Å². The third kappa shape index (κ3) is 2.08. The number of halogens is 1. The van der Waals surface area contributed by atoms with E-state index in [0.717, 1.165) is 19.4 Å². The first-order valence-electron chi connectivity index (χ1n) is 5.70. The third-order valence-electron chi connectivity index (χ3n) is 2.99. The number of hydrogen-bond acceptors (Lipinski definition) is 2. The van der Waals surface area contributed by atoms with Crippen molar-refractivity contribution in [2.75, 3.05) is 11.4 Å². The number of nitrogens with zero attached hydrogens (tertiary/aromatic N) is 1. The van der Waals surface area contributed by atoms with Crippen LogP contribution in [0.3, 0.4) is 0 Å². The van der Waals surface area contributed by atoms with Crippen molar-refractivity contribution in [3.63, 3.8) is 0 Å². The molecule has 2 rings (SSSR count). The quantitative estimate of drug-likeness (QED) is 0.728. The molecule has 0 spiro atoms. The summed E-state index contributed by atoms with van der Waals surface area (Å²) in [5.74, 6) is -0.388. The zero-order valence-electron chi connectivity index (χ0n) is 9.66. The van der Waals surface area contributed by atoms with Gasteiger partial charge in [-0.15, -0.1) is 0 Å². The normalized spacial score (nSPS) is 14.9. The Labute approximate surface area is 95.1 Å². The van der Waals surface area contributed by atoms with Crippen LogP contribution in [0, 0.1) is 5.82 Å². The molecule has 0 saturated heterocycles. The van der Waals surface area contributed by atoms with Crippen LogP contribution in [0.4, 0.5) is 10.1 Å². The van der Waals surface area contributed by atoms with Gasteiger partial charge in [-0.25, -0.2) is 4.39 Å². The molecule has 2 nitrogen and oxygen atoms in total. The largest absolute Gasteiger partial charge is 0.366 e. The molecule has 3 heteroatoms. The fourth-order valence-electron chi connectivity index (χ4n) is 1.97. The van der Waals surface area contributed by atoms with E-state index in [9.17, 15) is 9.18 Å². The van der Waals surface area contributed by atoms with Gasteiger partial charge in [0.25, 0.3) is 0 Å². The Bertz CT molecular complexity index is 412. The van der Waals surface area contributed by atoms with Gasteiger partial charge in [0.1, 0.15) is 5.82 Å². The Balaban J connectivity index is 2.30. The van der Waals surface area contributed by atoms with Crippen LogP contribution in [0.1, 0.15) is 37.0 Å². The lowest BCUT2D eigenvalue weighted by Crippen LogP contribution is -2.26. The number of anilines is 1. The van der Waals surface area contributed by atoms with E-state index in [1.807, 2.05) is 6.92 Å². The van der Waals surface area contributed by atoms with E-state index >= 15 is 0 Å². The first kappa shape index (κ1) is 11.1. The molecule has 0 heterocycles. The maximum absolute atomic E-state index is 13.8. The second kappa shape index (κ2) is 4.24. The fraction of sp³-hybridized carbons (Fsp3) is 0.462. The highest BCUT2D eigenvalue weighted by molar-refractivity contribution is 5.94. The molecule has 1 aromatic rings. The minimum absolute atomic E-state index is 0.0973. The van der Waals surface area contributed by atoms with E-state index < -0.39 is 0 Å². The van der Waals surface area contributed by atoms with Crippen LogP contribution in [0.15, 0.2) is 18.2 Å². The van der Waals surface area contributed by atoms with Crippen molar-refractivity contribution in [2.24, 2.45) is 0 Å². The Morgan fingerprint density at radius 1 is 1.50 bits per heavy atom. The van der Waals surface area contributed by atoms with Crippen molar-refractivity contribution in [1.82, 2.24) is 0 Å². The van der Waals surface area contributed by atoms with Gasteiger partial charge >= 0.3 is 0 Å². The smallest absolute Gasteiger partial charge is 0.159 e. The third-order valence-corrected chi connectivity index (χ3v) is 2.99. The first-order valence-corrected chi connectivity index (χ1v) is 5.70. The highest BCUT2D eigenvalue weighted by Gasteiger charge is 2.29. The molecule has 1 aromatic carbocycles. The van der Waals surface area contributed by atoms with Crippen molar-refractivity contribution in [3.05, 3.63) is 29.6 Å². The molecule has 1 aliphatic carbocycles. The van der Waals surface area contributed by atoms with Crippen LogP contribution in [-0.2, 0) is 0 Å². The lowest BCUT2D eigenvalue weighted by molar-refractivity contribution is 0.101. The molecule has 0 bridgehead atoms. The number of carbonyl (C=O) groups is 1. The molecule has 1 saturated carbocycles. The van der Waals surface area contributed by atoms with Crippen molar-refractivity contribution < 1.29 is 9.18 Å². The summed E-state index contributed by atoms with van der Waals surface area (Å²) >= 11 is 0. The lowest BCUT2D eigenvalue weighted by atomic mass is 10.1. The zero-order chi connectivity index (χ0) is 11.7. The van der Waals surface area contributed by atoms with Gasteiger partial charge in [0.05, 0.1) is 5.69 Å². The second-order valence-electron chi connectivity index (χ2n) is 4.24. The van der Waals surface area contributed by atoms with Gasteiger partial charge in [-0.05, 0) is 44.9 Å². The summed E-state index contributed by atoms with van der Waals surface area (Å²) in [7, 11) is 0. The Hall–Kier alpha value is -1.38. The molecular weight excluding hydrogens is 205 g/mol. The van der Waals surface area contributed by atoms with Crippen LogP contribution in [0.2, 0.25) is 0 Å². The molecule has 16 heavy (non-hydrogen) atoms. The summed E-state index contributed by atoms with van der Waals surface area (Å²) in [6.45, 7) is 4.28. The molecular formula is C13H16FNO. The van der Waals surface area contributed by atoms with Crippen LogP contribution < -0.4 is 4.90 Å². The number of carbonyl (C=O) groups excluding carboxylic acids is 1. The van der Waals surface area contributed by atoms with Gasteiger partial charge < -0.3 is 4.90 Å². The van der Waals surface area contributed by atoms with Crippen LogP contribution in [-0.4, -0.2) is 18.4 Å². The molecule has 0 N–H and O–H groups in total. The molecule has 86 valence electrons. The van der Waals surface area contributed by atoms with Crippen molar-refractivity contribution >= 4 is 11.5 Å². The van der Waals surface area contributed by atoms with Gasteiger partial charge in [0.15, 0.2) is 5.78 Å². The second-order valence-corrected chi connectivity index (χ2v) is 4.24. The predicted molar refractivity (Wildman–Crippen MR) is 62.4 cm³/mol. The Morgan fingerprint density at radius 3 is 2.62 bits per heavy atom. The average molecular weight is 221 g/mol. The van der Waals surface area contributed by atoms with Gasteiger partial charge in [0.2, 0.25) is 0 Å². The number of ketones is 1. The van der Waals surface area contributed by atoms with Gasteiger partial charge in [-0.2, -0.15) is 0 Å². The van der Waals surface area contributed by atoms with Crippen molar-refractivity contribution in [3.8, 4) is 0 Å². The van der Waals surface area contributed by atoms with E-state index in [2.05, 4.69) is 4.90 Å². The van der Waals surface area contributed by atoms with Crippen molar-refractivity contribution in [2.45, 2.75) is 32.7 Å². The SMILES string of the molecule is CCN(c1ccc(C(C)=O)cc1F)C1CC1. The molecule has 1 aliphatic rings. The van der Waals surface area contributed by atoms with Gasteiger partial charge in [-0.3, -0.25) is 4.79 Å². The molecule has 0 radical (unpaired) electrons. The van der Waals surface area contributed by atoms with Crippen LogP contribution in [0.5, 0.6) is 0 Å². The molecule has 0 atom stereocenters. The molecule has 1 fully saturated rings. The van der Waals surface area contributed by atoms with E-state index in [0.29, 0.717) is 17.3 Å². The lowest BCUT2D eigenvalue weighted by Gasteiger charge is -2.23. The number of rotatable bonds is 4. The van der Waals surface area contributed by atoms with E-state index in [1.54, 1.807) is 12.1 Å². The fourth-order valence-corrected chi connectivity index (χ4v) is 1.97. The summed E-state index contributed by atoms with van der Waals surface area (Å²) in [4.78, 5) is 13.2. The van der Waals surface area contributed by atoms with Gasteiger partial charge in [0, 0.05) is 18.2 Å². The molecule has 0 aromatic heterocycles. The highest BCUT2D eigenvalue weighted by atomic mass is 19.1. The van der Waals surface area contributed by atoms with E-state index in [-0.39, 0.29) is 11.6 Å². The maximum atomic E-state index is 13.8. The Kier molecular flexibility index (Phi) is 2.95. The monoisotopic (exact) mass is 221 g/mol. The topological polar surface area (TPSA) is 20.3 Å². The minimum atomic E-state index is -0.290. The minimum Gasteiger partial charge on any atom is -0.366 e. The van der Waals surface area contributed by atoms with Crippen molar-refractivity contribution in [1.29, 1.82) is 0 Å². The summed E-state index contributed by atoms with van der Waals surface area (Å²) < 4.78 is 13.8. The summed E-state index contributed by atoms with van der Waals surface area (Å²) in [6.07, 6.45) is 2.28. The summed E-state index contributed by atoms with van der Waals surface area (Å²) in [5.41, 5.74) is 1.06.